The molecule has 0 saturated carbocycles. The predicted molar refractivity (Wildman–Crippen MR) is 68.2 cm³/mol. The number of carbonyl (C=O) groups excluding carboxylic acids is 1. The maximum atomic E-state index is 11.6. The third-order valence-corrected chi connectivity index (χ3v) is 3.51. The molecule has 1 aromatic heterocycles. The zero-order valence-corrected chi connectivity index (χ0v) is 11.5. The molecule has 1 heterocycles. The lowest BCUT2D eigenvalue weighted by molar-refractivity contribution is 0.0427. The van der Waals surface area contributed by atoms with Gasteiger partial charge in [0.25, 0.3) is 0 Å². The molecule has 0 aliphatic heterocycles. The van der Waals surface area contributed by atoms with Crippen molar-refractivity contribution in [1.82, 2.24) is 10.2 Å². The molecule has 17 heavy (non-hydrogen) atoms. The van der Waals surface area contributed by atoms with E-state index in [2.05, 4.69) is 24.0 Å². The van der Waals surface area contributed by atoms with Crippen molar-refractivity contribution in [2.45, 2.75) is 46.5 Å². The lowest BCUT2D eigenvalue weighted by Crippen LogP contribution is -2.13. The smallest absolute Gasteiger partial charge is 0.369 e. The second kappa shape index (κ2) is 7.37. The number of hydrogen-bond acceptors (Lipinski definition) is 5. The van der Waals surface area contributed by atoms with Crippen molar-refractivity contribution in [2.24, 2.45) is 5.92 Å². The van der Waals surface area contributed by atoms with Crippen molar-refractivity contribution >= 4 is 17.3 Å². The van der Waals surface area contributed by atoms with Gasteiger partial charge in [-0.3, -0.25) is 0 Å². The van der Waals surface area contributed by atoms with Gasteiger partial charge in [-0.15, -0.1) is 10.2 Å². The van der Waals surface area contributed by atoms with Crippen LogP contribution in [0.1, 0.15) is 54.3 Å². The summed E-state index contributed by atoms with van der Waals surface area (Å²) in [6, 6.07) is 0. The Bertz CT molecular complexity index is 352. The first-order chi connectivity index (χ1) is 8.17. The number of aryl methyl sites for hydroxylation is 1. The average Bonchev–Trinajstić information content (AvgIpc) is 2.76. The van der Waals surface area contributed by atoms with E-state index in [0.29, 0.717) is 17.5 Å². The van der Waals surface area contributed by atoms with Gasteiger partial charge in [-0.2, -0.15) is 0 Å². The van der Waals surface area contributed by atoms with Crippen molar-refractivity contribution in [3.05, 3.63) is 10.0 Å². The minimum Gasteiger partial charge on any atom is -0.460 e. The Balaban J connectivity index is 2.36. The number of unbranched alkanes of at least 4 members (excludes halogenated alkanes) is 1. The molecule has 0 N–H and O–H groups in total. The average molecular weight is 256 g/mol. The molecule has 0 aliphatic rings. The summed E-state index contributed by atoms with van der Waals surface area (Å²) < 4.78 is 5.26. The second-order valence-electron chi connectivity index (χ2n) is 4.14. The molecule has 0 radical (unpaired) electrons. The Morgan fingerprint density at radius 1 is 1.41 bits per heavy atom. The van der Waals surface area contributed by atoms with Gasteiger partial charge in [-0.25, -0.2) is 4.79 Å². The van der Waals surface area contributed by atoms with Crippen LogP contribution in [0.4, 0.5) is 0 Å². The molecule has 1 aromatic rings. The van der Waals surface area contributed by atoms with Gasteiger partial charge in [-0.1, -0.05) is 44.4 Å². The molecule has 0 aliphatic carbocycles. The SMILES string of the molecule is CCCCC(CC)COC(=O)c1nnc(C)s1. The van der Waals surface area contributed by atoms with Crippen molar-refractivity contribution in [1.29, 1.82) is 0 Å². The highest BCUT2D eigenvalue weighted by Crippen LogP contribution is 2.15. The highest BCUT2D eigenvalue weighted by molar-refractivity contribution is 7.13. The summed E-state index contributed by atoms with van der Waals surface area (Å²) >= 11 is 1.28. The molecule has 0 bridgehead atoms. The molecule has 4 nitrogen and oxygen atoms in total. The van der Waals surface area contributed by atoms with Crippen LogP contribution in [0.3, 0.4) is 0 Å². The van der Waals surface area contributed by atoms with Crippen LogP contribution >= 0.6 is 11.3 Å². The van der Waals surface area contributed by atoms with Crippen molar-refractivity contribution < 1.29 is 9.53 Å². The molecule has 96 valence electrons. The first-order valence-corrected chi connectivity index (χ1v) is 6.96. The maximum absolute atomic E-state index is 11.6. The number of ether oxygens (including phenoxy) is 1. The first kappa shape index (κ1) is 14.1. The third kappa shape index (κ3) is 4.81. The van der Waals surface area contributed by atoms with Gasteiger partial charge >= 0.3 is 5.97 Å². The largest absolute Gasteiger partial charge is 0.460 e. The quantitative estimate of drug-likeness (QED) is 0.703. The van der Waals surface area contributed by atoms with Crippen LogP contribution in [0.5, 0.6) is 0 Å². The minimum atomic E-state index is -0.342. The maximum Gasteiger partial charge on any atom is 0.369 e. The van der Waals surface area contributed by atoms with E-state index in [1.54, 1.807) is 0 Å². The van der Waals surface area contributed by atoms with E-state index in [1.165, 1.54) is 24.2 Å². The molecule has 0 amide bonds. The van der Waals surface area contributed by atoms with Crippen LogP contribution in [0.2, 0.25) is 0 Å². The lowest BCUT2D eigenvalue weighted by Gasteiger charge is -2.13. The van der Waals surface area contributed by atoms with Gasteiger partial charge in [0.2, 0.25) is 5.01 Å². The monoisotopic (exact) mass is 256 g/mol. The third-order valence-electron chi connectivity index (χ3n) is 2.69. The van der Waals surface area contributed by atoms with Crippen molar-refractivity contribution in [3.63, 3.8) is 0 Å². The van der Waals surface area contributed by atoms with Crippen LogP contribution in [-0.2, 0) is 4.74 Å². The van der Waals surface area contributed by atoms with Gasteiger partial charge in [0.05, 0.1) is 6.61 Å². The summed E-state index contributed by atoms with van der Waals surface area (Å²) in [5.74, 6) is 0.124. The topological polar surface area (TPSA) is 52.1 Å². The fourth-order valence-corrected chi connectivity index (χ4v) is 2.12. The molecule has 0 saturated heterocycles. The Hall–Kier alpha value is -0.970. The number of aromatic nitrogens is 2. The standard InChI is InChI=1S/C12H20N2O2S/c1-4-6-7-10(5-2)8-16-12(15)11-14-13-9(3)17-11/h10H,4-8H2,1-3H3. The summed E-state index contributed by atoms with van der Waals surface area (Å²) in [6.45, 7) is 6.62. The molecule has 0 fully saturated rings. The summed E-state index contributed by atoms with van der Waals surface area (Å²) in [4.78, 5) is 11.6. The van der Waals surface area contributed by atoms with E-state index in [4.69, 9.17) is 4.74 Å². The van der Waals surface area contributed by atoms with Crippen LogP contribution in [0.15, 0.2) is 0 Å². The summed E-state index contributed by atoms with van der Waals surface area (Å²) in [5.41, 5.74) is 0. The summed E-state index contributed by atoms with van der Waals surface area (Å²) in [5, 5.41) is 8.72. The van der Waals surface area contributed by atoms with E-state index in [0.717, 1.165) is 17.8 Å². The second-order valence-corrected chi connectivity index (χ2v) is 5.32. The molecular weight excluding hydrogens is 236 g/mol. The van der Waals surface area contributed by atoms with Gasteiger partial charge in [0.1, 0.15) is 5.01 Å². The molecule has 1 rings (SSSR count). The number of nitrogens with zero attached hydrogens (tertiary/aromatic N) is 2. The summed E-state index contributed by atoms with van der Waals surface area (Å²) in [7, 11) is 0. The van der Waals surface area contributed by atoms with Gasteiger partial charge in [0.15, 0.2) is 0 Å². The number of carbonyl (C=O) groups is 1. The van der Waals surface area contributed by atoms with Gasteiger partial charge in [0, 0.05) is 0 Å². The normalized spacial score (nSPS) is 12.4. The van der Waals surface area contributed by atoms with E-state index >= 15 is 0 Å². The van der Waals surface area contributed by atoms with Crippen LogP contribution in [0.25, 0.3) is 0 Å². The Kier molecular flexibility index (Phi) is 6.11. The predicted octanol–water partition coefficient (Wildman–Crippen LogP) is 3.22. The fourth-order valence-electron chi connectivity index (χ4n) is 1.53. The van der Waals surface area contributed by atoms with Gasteiger partial charge < -0.3 is 4.74 Å². The zero-order valence-electron chi connectivity index (χ0n) is 10.7. The van der Waals surface area contributed by atoms with Crippen LogP contribution in [-0.4, -0.2) is 22.8 Å². The van der Waals surface area contributed by atoms with Crippen molar-refractivity contribution in [2.75, 3.05) is 6.61 Å². The lowest BCUT2D eigenvalue weighted by atomic mass is 10.0. The fraction of sp³-hybridized carbons (Fsp3) is 0.750. The molecule has 0 spiro atoms. The highest BCUT2D eigenvalue weighted by atomic mass is 32.1. The van der Waals surface area contributed by atoms with Crippen LogP contribution < -0.4 is 0 Å². The first-order valence-electron chi connectivity index (χ1n) is 6.14. The van der Waals surface area contributed by atoms with Crippen LogP contribution in [0, 0.1) is 12.8 Å². The molecule has 1 unspecified atom stereocenters. The minimum absolute atomic E-state index is 0.342. The Morgan fingerprint density at radius 3 is 2.71 bits per heavy atom. The zero-order chi connectivity index (χ0) is 12.7. The Labute approximate surface area is 106 Å². The van der Waals surface area contributed by atoms with E-state index in [1.807, 2.05) is 6.92 Å². The molecular formula is C12H20N2O2S. The number of rotatable bonds is 7. The number of esters is 1. The Morgan fingerprint density at radius 2 is 2.18 bits per heavy atom. The van der Waals surface area contributed by atoms with Gasteiger partial charge in [-0.05, 0) is 19.3 Å². The van der Waals surface area contributed by atoms with Crippen molar-refractivity contribution in [3.8, 4) is 0 Å². The molecule has 0 aromatic carbocycles. The van der Waals surface area contributed by atoms with E-state index in [-0.39, 0.29) is 5.97 Å². The number of hydrogen-bond donors (Lipinski definition) is 0. The molecule has 5 heteroatoms. The molecule has 1 atom stereocenters. The summed E-state index contributed by atoms with van der Waals surface area (Å²) in [6.07, 6.45) is 4.53. The van der Waals surface area contributed by atoms with E-state index < -0.39 is 0 Å². The highest BCUT2D eigenvalue weighted by Gasteiger charge is 2.15. The van der Waals surface area contributed by atoms with E-state index in [9.17, 15) is 4.79 Å².